The Morgan fingerprint density at radius 3 is 2.81 bits per heavy atom. The lowest BCUT2D eigenvalue weighted by atomic mass is 10.2. The number of fused-ring (bicyclic) bond motifs is 1. The van der Waals surface area contributed by atoms with Gasteiger partial charge in [-0.1, -0.05) is 6.07 Å². The van der Waals surface area contributed by atoms with Gasteiger partial charge in [0.05, 0.1) is 12.2 Å². The summed E-state index contributed by atoms with van der Waals surface area (Å²) in [6.45, 7) is 0.561. The molecule has 1 aliphatic rings. The highest BCUT2D eigenvalue weighted by molar-refractivity contribution is 7.89. The normalized spacial score (nSPS) is 14.5. The highest BCUT2D eigenvalue weighted by Gasteiger charge is 2.30. The zero-order valence-corrected chi connectivity index (χ0v) is 15.7. The van der Waals surface area contributed by atoms with E-state index in [4.69, 9.17) is 0 Å². The number of aromatic nitrogens is 3. The number of carbonyl (C=O) groups is 1. The Balaban J connectivity index is 1.52. The number of pyridine rings is 2. The molecule has 4 heterocycles. The first-order chi connectivity index (χ1) is 13.0. The van der Waals surface area contributed by atoms with E-state index in [0.717, 1.165) is 10.6 Å². The Bertz CT molecular complexity index is 1070. The second-order valence-corrected chi connectivity index (χ2v) is 8.86. The van der Waals surface area contributed by atoms with Gasteiger partial charge in [-0.25, -0.2) is 13.4 Å². The molecule has 0 aliphatic carbocycles. The predicted molar refractivity (Wildman–Crippen MR) is 99.8 cm³/mol. The number of nitrogens with one attached hydrogen (secondary N) is 1. The zero-order chi connectivity index (χ0) is 18.9. The van der Waals surface area contributed by atoms with Crippen LogP contribution in [0.2, 0.25) is 0 Å². The van der Waals surface area contributed by atoms with E-state index in [-0.39, 0.29) is 17.3 Å². The van der Waals surface area contributed by atoms with E-state index in [0.29, 0.717) is 23.8 Å². The molecule has 10 heteroatoms. The molecule has 1 amide bonds. The molecule has 1 N–H and O–H groups in total. The van der Waals surface area contributed by atoms with Gasteiger partial charge in [-0.05, 0) is 24.3 Å². The summed E-state index contributed by atoms with van der Waals surface area (Å²) >= 11 is 1.28. The van der Waals surface area contributed by atoms with Crippen molar-refractivity contribution in [3.8, 4) is 0 Å². The largest absolute Gasteiger partial charge is 0.296 e. The lowest BCUT2D eigenvalue weighted by molar-refractivity contribution is 0.102. The molecule has 0 radical (unpaired) electrons. The van der Waals surface area contributed by atoms with Crippen molar-refractivity contribution in [3.05, 3.63) is 65.2 Å². The summed E-state index contributed by atoms with van der Waals surface area (Å²) in [5.74, 6) is -0.346. The fraction of sp³-hybridized carbons (Fsp3) is 0.176. The third-order valence-electron chi connectivity index (χ3n) is 4.09. The van der Waals surface area contributed by atoms with Crippen LogP contribution in [-0.2, 0) is 23.0 Å². The second-order valence-electron chi connectivity index (χ2n) is 5.84. The third-order valence-corrected chi connectivity index (χ3v) is 6.91. The van der Waals surface area contributed by atoms with Crippen LogP contribution >= 0.6 is 11.3 Å². The fourth-order valence-corrected chi connectivity index (χ4v) is 5.21. The summed E-state index contributed by atoms with van der Waals surface area (Å²) in [7, 11) is -3.61. The Morgan fingerprint density at radius 2 is 2.07 bits per heavy atom. The molecule has 3 aromatic rings. The molecule has 0 bridgehead atoms. The number of carbonyl (C=O) groups excluding carboxylic acids is 1. The van der Waals surface area contributed by atoms with Gasteiger partial charge in [0.1, 0.15) is 10.6 Å². The second kappa shape index (κ2) is 7.14. The van der Waals surface area contributed by atoms with Crippen molar-refractivity contribution in [1.29, 1.82) is 0 Å². The van der Waals surface area contributed by atoms with Crippen molar-refractivity contribution < 1.29 is 13.2 Å². The van der Waals surface area contributed by atoms with Crippen LogP contribution in [0.5, 0.6) is 0 Å². The van der Waals surface area contributed by atoms with Crippen molar-refractivity contribution in [2.45, 2.75) is 17.9 Å². The third kappa shape index (κ3) is 3.59. The SMILES string of the molecule is O=C(Nc1nc2c(s1)CN(S(=O)(=O)c1cccnc1)CC2)c1ccccn1. The highest BCUT2D eigenvalue weighted by atomic mass is 32.2. The van der Waals surface area contributed by atoms with Crippen molar-refractivity contribution in [2.75, 3.05) is 11.9 Å². The maximum Gasteiger partial charge on any atom is 0.276 e. The van der Waals surface area contributed by atoms with Crippen LogP contribution in [-0.4, -0.2) is 40.1 Å². The number of hydrogen-bond donors (Lipinski definition) is 1. The molecule has 8 nitrogen and oxygen atoms in total. The van der Waals surface area contributed by atoms with E-state index >= 15 is 0 Å². The number of hydrogen-bond acceptors (Lipinski definition) is 7. The van der Waals surface area contributed by atoms with Gasteiger partial charge in [0.2, 0.25) is 10.0 Å². The molecule has 0 saturated heterocycles. The fourth-order valence-electron chi connectivity index (χ4n) is 2.74. The number of nitrogens with zero attached hydrogens (tertiary/aromatic N) is 4. The molecule has 0 aromatic carbocycles. The van der Waals surface area contributed by atoms with Gasteiger partial charge in [0, 0.05) is 36.4 Å². The topological polar surface area (TPSA) is 105 Å². The maximum absolute atomic E-state index is 12.8. The van der Waals surface area contributed by atoms with Crippen LogP contribution in [0, 0.1) is 0 Å². The number of amides is 1. The number of anilines is 1. The summed E-state index contributed by atoms with van der Waals surface area (Å²) in [4.78, 5) is 25.5. The number of sulfonamides is 1. The van der Waals surface area contributed by atoms with Gasteiger partial charge in [-0.15, -0.1) is 11.3 Å². The summed E-state index contributed by atoms with van der Waals surface area (Å²) in [5, 5.41) is 3.17. The summed E-state index contributed by atoms with van der Waals surface area (Å²) in [6, 6.07) is 8.21. The van der Waals surface area contributed by atoms with E-state index in [1.165, 1.54) is 34.1 Å². The van der Waals surface area contributed by atoms with Gasteiger partial charge in [-0.3, -0.25) is 20.1 Å². The number of rotatable bonds is 4. The van der Waals surface area contributed by atoms with Gasteiger partial charge in [0.15, 0.2) is 5.13 Å². The summed E-state index contributed by atoms with van der Waals surface area (Å²) in [5.41, 5.74) is 1.11. The Morgan fingerprint density at radius 1 is 1.19 bits per heavy atom. The van der Waals surface area contributed by atoms with Crippen molar-refractivity contribution in [3.63, 3.8) is 0 Å². The van der Waals surface area contributed by atoms with Crippen molar-refractivity contribution >= 4 is 32.4 Å². The quantitative estimate of drug-likeness (QED) is 0.716. The molecule has 0 fully saturated rings. The molecular formula is C17H15N5O3S2. The molecule has 3 aromatic heterocycles. The Hall–Kier alpha value is -2.69. The van der Waals surface area contributed by atoms with Gasteiger partial charge in [-0.2, -0.15) is 4.31 Å². The van der Waals surface area contributed by atoms with Gasteiger partial charge < -0.3 is 0 Å². The van der Waals surface area contributed by atoms with E-state index in [1.54, 1.807) is 30.5 Å². The minimum Gasteiger partial charge on any atom is -0.296 e. The van der Waals surface area contributed by atoms with E-state index in [9.17, 15) is 13.2 Å². The summed E-state index contributed by atoms with van der Waals surface area (Å²) < 4.78 is 26.9. The maximum atomic E-state index is 12.8. The predicted octanol–water partition coefficient (Wildman–Crippen LogP) is 1.93. The van der Waals surface area contributed by atoms with Crippen LogP contribution in [0.4, 0.5) is 5.13 Å². The first-order valence-electron chi connectivity index (χ1n) is 8.15. The van der Waals surface area contributed by atoms with Crippen LogP contribution in [0.15, 0.2) is 53.8 Å². The first-order valence-corrected chi connectivity index (χ1v) is 10.4. The number of thiazole rings is 1. The van der Waals surface area contributed by atoms with Crippen molar-refractivity contribution in [1.82, 2.24) is 19.3 Å². The molecule has 27 heavy (non-hydrogen) atoms. The first kappa shape index (κ1) is 17.7. The highest BCUT2D eigenvalue weighted by Crippen LogP contribution is 2.31. The molecule has 0 atom stereocenters. The molecule has 4 rings (SSSR count). The monoisotopic (exact) mass is 401 g/mol. The average molecular weight is 401 g/mol. The summed E-state index contributed by atoms with van der Waals surface area (Å²) in [6.07, 6.45) is 4.91. The van der Waals surface area contributed by atoms with Gasteiger partial charge >= 0.3 is 0 Å². The molecule has 0 unspecified atom stereocenters. The minimum absolute atomic E-state index is 0.168. The Kier molecular flexibility index (Phi) is 4.68. The smallest absolute Gasteiger partial charge is 0.276 e. The van der Waals surface area contributed by atoms with Crippen LogP contribution < -0.4 is 5.32 Å². The van der Waals surface area contributed by atoms with E-state index < -0.39 is 10.0 Å². The van der Waals surface area contributed by atoms with Crippen molar-refractivity contribution in [2.24, 2.45) is 0 Å². The van der Waals surface area contributed by atoms with E-state index in [1.807, 2.05) is 0 Å². The minimum atomic E-state index is -3.61. The lowest BCUT2D eigenvalue weighted by Crippen LogP contribution is -2.35. The molecule has 138 valence electrons. The lowest BCUT2D eigenvalue weighted by Gasteiger charge is -2.25. The van der Waals surface area contributed by atoms with Crippen LogP contribution in [0.1, 0.15) is 21.1 Å². The van der Waals surface area contributed by atoms with Crippen LogP contribution in [0.3, 0.4) is 0 Å². The van der Waals surface area contributed by atoms with E-state index in [2.05, 4.69) is 20.3 Å². The molecule has 1 aliphatic heterocycles. The molecule has 0 spiro atoms. The Labute approximate surface area is 160 Å². The molecular weight excluding hydrogens is 386 g/mol. The standard InChI is InChI=1S/C17H15N5O3S2/c23-16(14-5-1-2-8-19-14)21-17-20-13-6-9-22(11-15(13)26-17)27(24,25)12-4-3-7-18-10-12/h1-5,7-8,10H,6,9,11H2,(H,20,21,23). The molecule has 0 saturated carbocycles. The van der Waals surface area contributed by atoms with Crippen LogP contribution in [0.25, 0.3) is 0 Å². The average Bonchev–Trinajstić information content (AvgIpc) is 3.10. The van der Waals surface area contributed by atoms with Gasteiger partial charge in [0.25, 0.3) is 5.91 Å². The zero-order valence-electron chi connectivity index (χ0n) is 14.1.